The topological polar surface area (TPSA) is 116 Å². The van der Waals surface area contributed by atoms with Gasteiger partial charge in [0.2, 0.25) is 5.91 Å². The summed E-state index contributed by atoms with van der Waals surface area (Å²) in [7, 11) is -3.47. The predicted octanol–water partition coefficient (Wildman–Crippen LogP) is 2.84. The van der Waals surface area contributed by atoms with Crippen LogP contribution in [0, 0.1) is 19.8 Å². The Morgan fingerprint density at radius 2 is 2.03 bits per heavy atom. The summed E-state index contributed by atoms with van der Waals surface area (Å²) >= 11 is 0.613. The Labute approximate surface area is 186 Å². The van der Waals surface area contributed by atoms with E-state index in [1.165, 1.54) is 4.68 Å². The van der Waals surface area contributed by atoms with E-state index < -0.39 is 26.9 Å². The van der Waals surface area contributed by atoms with Crippen LogP contribution >= 0.6 is 11.8 Å². The number of nitrogens with zero attached hydrogens (tertiary/aromatic N) is 2. The van der Waals surface area contributed by atoms with Crippen LogP contribution < -0.4 is 11.1 Å². The monoisotopic (exact) mass is 472 g/mol. The van der Waals surface area contributed by atoms with Crippen LogP contribution in [0.1, 0.15) is 49.5 Å². The minimum atomic E-state index is -3.47. The van der Waals surface area contributed by atoms with Crippen LogP contribution in [0.5, 0.6) is 0 Å². The molecule has 1 saturated heterocycles. The van der Waals surface area contributed by atoms with Crippen molar-refractivity contribution < 1.29 is 22.3 Å². The van der Waals surface area contributed by atoms with Crippen LogP contribution in [0.4, 0.5) is 4.39 Å². The van der Waals surface area contributed by atoms with E-state index in [9.17, 15) is 17.6 Å². The van der Waals surface area contributed by atoms with E-state index in [0.717, 1.165) is 19.0 Å². The molecule has 1 saturated carbocycles. The summed E-state index contributed by atoms with van der Waals surface area (Å²) in [6.45, 7) is 8.24. The van der Waals surface area contributed by atoms with Crippen molar-refractivity contribution in [2.45, 2.75) is 62.1 Å². The molecule has 11 heteroatoms. The third-order valence-electron chi connectivity index (χ3n) is 5.62. The number of nitrogens with two attached hydrogens (primary N) is 1. The molecule has 0 bridgehead atoms. The first-order chi connectivity index (χ1) is 14.6. The Kier molecular flexibility index (Phi) is 7.48. The molecule has 1 aliphatic carbocycles. The molecule has 0 aromatic carbocycles. The third kappa shape index (κ3) is 5.50. The van der Waals surface area contributed by atoms with Gasteiger partial charge < -0.3 is 15.8 Å². The second-order valence-corrected chi connectivity index (χ2v) is 11.2. The number of halogens is 1. The number of sulfone groups is 1. The van der Waals surface area contributed by atoms with Crippen molar-refractivity contribution in [3.63, 3.8) is 0 Å². The average molecular weight is 473 g/mol. The molecule has 8 nitrogen and oxygen atoms in total. The minimum absolute atomic E-state index is 0.0912. The normalized spacial score (nSPS) is 19.3. The van der Waals surface area contributed by atoms with Crippen LogP contribution in [0.15, 0.2) is 27.9 Å². The highest BCUT2D eigenvalue weighted by atomic mass is 32.2. The van der Waals surface area contributed by atoms with Gasteiger partial charge in [0.05, 0.1) is 21.7 Å². The summed E-state index contributed by atoms with van der Waals surface area (Å²) in [5.41, 5.74) is 5.98. The molecule has 1 atom stereocenters. The van der Waals surface area contributed by atoms with Crippen LogP contribution in [-0.2, 0) is 19.4 Å². The number of aryl methyl sites for hydroxylation is 1. The van der Waals surface area contributed by atoms with E-state index in [0.29, 0.717) is 55.6 Å². The highest BCUT2D eigenvalue weighted by molar-refractivity contribution is 8.06. The van der Waals surface area contributed by atoms with E-state index >= 15 is 0 Å². The lowest BCUT2D eigenvalue weighted by atomic mass is 9.92. The fraction of sp³-hybridized carbons (Fsp3) is 0.600. The number of amides is 1. The van der Waals surface area contributed by atoms with Crippen molar-refractivity contribution in [1.82, 2.24) is 15.1 Å². The van der Waals surface area contributed by atoms with Crippen molar-refractivity contribution in [1.29, 1.82) is 0 Å². The molecule has 0 spiro atoms. The highest BCUT2D eigenvalue weighted by Crippen LogP contribution is 2.37. The number of nitrogens with one attached hydrogen (secondary N) is 1. The standard InChI is InChI=1S/C20H29FN4O4S2/c1-12-19(31(27,28)16-4-5-16)13(2)25(24-12)17(10-15-6-8-29-9-7-15)20(26)23-14(3)30-18(21)11-22/h11,15-17H,3-10,22H2,1-2H3,(H,23,26)/b18-11-. The smallest absolute Gasteiger partial charge is 0.249 e. The molecule has 2 fully saturated rings. The number of rotatable bonds is 9. The van der Waals surface area contributed by atoms with E-state index in [2.05, 4.69) is 17.0 Å². The van der Waals surface area contributed by atoms with E-state index in [1.807, 2.05) is 0 Å². The van der Waals surface area contributed by atoms with Crippen molar-refractivity contribution in [3.8, 4) is 0 Å². The van der Waals surface area contributed by atoms with Gasteiger partial charge in [0.15, 0.2) is 15.0 Å². The van der Waals surface area contributed by atoms with Gasteiger partial charge in [0.1, 0.15) is 10.9 Å². The molecule has 1 aromatic rings. The third-order valence-corrected chi connectivity index (χ3v) is 8.80. The van der Waals surface area contributed by atoms with Gasteiger partial charge in [-0.05, 0) is 63.6 Å². The second kappa shape index (κ2) is 9.74. The molecule has 1 aromatic heterocycles. The van der Waals surface area contributed by atoms with Gasteiger partial charge in [-0.25, -0.2) is 8.42 Å². The Hall–Kier alpha value is -1.85. The lowest BCUT2D eigenvalue weighted by Gasteiger charge is -2.27. The van der Waals surface area contributed by atoms with Crippen LogP contribution in [-0.4, -0.2) is 42.6 Å². The molecule has 2 aliphatic rings. The molecule has 0 radical (unpaired) electrons. The zero-order valence-electron chi connectivity index (χ0n) is 17.8. The number of carbonyl (C=O) groups is 1. The second-order valence-electron chi connectivity index (χ2n) is 7.98. The van der Waals surface area contributed by atoms with Gasteiger partial charge in [-0.2, -0.15) is 9.49 Å². The summed E-state index contributed by atoms with van der Waals surface area (Å²) < 4.78 is 46.2. The lowest BCUT2D eigenvalue weighted by molar-refractivity contribution is -0.124. The molecule has 172 valence electrons. The van der Waals surface area contributed by atoms with Gasteiger partial charge in [-0.15, -0.1) is 0 Å². The van der Waals surface area contributed by atoms with Crippen molar-refractivity contribution in [2.75, 3.05) is 13.2 Å². The fourth-order valence-electron chi connectivity index (χ4n) is 3.92. The van der Waals surface area contributed by atoms with Crippen LogP contribution in [0.25, 0.3) is 0 Å². The van der Waals surface area contributed by atoms with Gasteiger partial charge in [0, 0.05) is 19.4 Å². The summed E-state index contributed by atoms with van der Waals surface area (Å²) in [4.78, 5) is 13.4. The predicted molar refractivity (Wildman–Crippen MR) is 117 cm³/mol. The summed E-state index contributed by atoms with van der Waals surface area (Å²) in [5, 5.41) is 6.11. The van der Waals surface area contributed by atoms with Crippen LogP contribution in [0.2, 0.25) is 0 Å². The van der Waals surface area contributed by atoms with Gasteiger partial charge in [-0.1, -0.05) is 6.58 Å². The highest BCUT2D eigenvalue weighted by Gasteiger charge is 2.41. The van der Waals surface area contributed by atoms with E-state index in [1.54, 1.807) is 13.8 Å². The first-order valence-corrected chi connectivity index (χ1v) is 12.6. The van der Waals surface area contributed by atoms with E-state index in [-0.39, 0.29) is 21.1 Å². The van der Waals surface area contributed by atoms with Crippen LogP contribution in [0.3, 0.4) is 0 Å². The number of hydrogen-bond acceptors (Lipinski definition) is 7. The fourth-order valence-corrected chi connectivity index (χ4v) is 6.42. The zero-order chi connectivity index (χ0) is 22.8. The largest absolute Gasteiger partial charge is 0.402 e. The van der Waals surface area contributed by atoms with Gasteiger partial charge >= 0.3 is 0 Å². The molecule has 3 rings (SSSR count). The molecule has 3 N–H and O–H groups in total. The molecule has 1 amide bonds. The zero-order valence-corrected chi connectivity index (χ0v) is 19.4. The Balaban J connectivity index is 1.90. The molecule has 31 heavy (non-hydrogen) atoms. The quantitative estimate of drug-likeness (QED) is 0.568. The Morgan fingerprint density at radius 1 is 1.39 bits per heavy atom. The number of hydrogen-bond donors (Lipinski definition) is 2. The van der Waals surface area contributed by atoms with Crippen molar-refractivity contribution in [3.05, 3.63) is 34.4 Å². The lowest BCUT2D eigenvalue weighted by Crippen LogP contribution is -2.34. The van der Waals surface area contributed by atoms with Crippen molar-refractivity contribution >= 4 is 27.5 Å². The molecular weight excluding hydrogens is 443 g/mol. The first-order valence-electron chi connectivity index (χ1n) is 10.3. The molecule has 1 aliphatic heterocycles. The van der Waals surface area contributed by atoms with E-state index in [4.69, 9.17) is 10.5 Å². The number of aromatic nitrogens is 2. The Morgan fingerprint density at radius 3 is 2.61 bits per heavy atom. The average Bonchev–Trinajstić information content (AvgIpc) is 3.53. The summed E-state index contributed by atoms with van der Waals surface area (Å²) in [6.07, 6.45) is 4.16. The first kappa shape index (κ1) is 23.8. The Bertz CT molecular complexity index is 980. The maximum Gasteiger partial charge on any atom is 0.249 e. The maximum absolute atomic E-state index is 13.5. The number of thioether (sulfide) groups is 1. The van der Waals surface area contributed by atoms with Crippen molar-refractivity contribution in [2.24, 2.45) is 11.7 Å². The van der Waals surface area contributed by atoms with Gasteiger partial charge in [0.25, 0.3) is 0 Å². The van der Waals surface area contributed by atoms with Gasteiger partial charge in [-0.3, -0.25) is 9.48 Å². The molecular formula is C20H29FN4O4S2. The maximum atomic E-state index is 13.5. The summed E-state index contributed by atoms with van der Waals surface area (Å²) in [5.74, 6) is -0.201. The summed E-state index contributed by atoms with van der Waals surface area (Å²) in [6, 6.07) is -0.757. The number of carbonyl (C=O) groups excluding carboxylic acids is 1. The minimum Gasteiger partial charge on any atom is -0.402 e. The number of ether oxygens (including phenoxy) is 1. The SMILES string of the molecule is C=C(NC(=O)C(CC1CCOCC1)n1nc(C)c(S(=O)(=O)C2CC2)c1C)S/C(F)=C\N. The molecule has 2 heterocycles. The molecule has 1 unspecified atom stereocenters.